The molecule has 1 aromatic heterocycles. The van der Waals surface area contributed by atoms with Crippen molar-refractivity contribution in [3.63, 3.8) is 0 Å². The van der Waals surface area contributed by atoms with Crippen LogP contribution in [0.5, 0.6) is 0 Å². The third-order valence-corrected chi connectivity index (χ3v) is 1.65. The van der Waals surface area contributed by atoms with Gasteiger partial charge in [-0.25, -0.2) is 4.98 Å². The van der Waals surface area contributed by atoms with Crippen LogP contribution in [0.15, 0.2) is 4.42 Å². The number of nitrogens with two attached hydrogens (primary N) is 1. The first-order valence-electron chi connectivity index (χ1n) is 4.07. The lowest BCUT2D eigenvalue weighted by molar-refractivity contribution is 0.0919. The van der Waals surface area contributed by atoms with Crippen LogP contribution in [0.4, 0.5) is 0 Å². The molecule has 0 aliphatic carbocycles. The summed E-state index contributed by atoms with van der Waals surface area (Å²) in [4.78, 5) is 15.2. The molecule has 0 aromatic carbocycles. The molecule has 0 saturated heterocycles. The first-order chi connectivity index (χ1) is 6.15. The van der Waals surface area contributed by atoms with Crippen LogP contribution in [0, 0.1) is 13.8 Å². The van der Waals surface area contributed by atoms with E-state index >= 15 is 0 Å². The van der Waals surface area contributed by atoms with E-state index in [0.29, 0.717) is 18.8 Å². The Bertz CT molecular complexity index is 287. The third kappa shape index (κ3) is 2.29. The maximum Gasteiger partial charge on any atom is 0.307 e. The van der Waals surface area contributed by atoms with E-state index in [1.165, 1.54) is 0 Å². The molecule has 72 valence electrons. The summed E-state index contributed by atoms with van der Waals surface area (Å²) in [6, 6.07) is 0. The van der Waals surface area contributed by atoms with Gasteiger partial charge in [0.2, 0.25) is 0 Å². The van der Waals surface area contributed by atoms with Crippen molar-refractivity contribution < 1.29 is 9.21 Å². The molecular formula is C8H13N3O2. The van der Waals surface area contributed by atoms with Gasteiger partial charge < -0.3 is 15.5 Å². The van der Waals surface area contributed by atoms with Gasteiger partial charge in [-0.1, -0.05) is 0 Å². The third-order valence-electron chi connectivity index (χ3n) is 1.65. The minimum Gasteiger partial charge on any atom is -0.438 e. The van der Waals surface area contributed by atoms with Crippen molar-refractivity contribution in [3.8, 4) is 0 Å². The van der Waals surface area contributed by atoms with Crippen molar-refractivity contribution in [1.82, 2.24) is 10.3 Å². The second-order valence-electron chi connectivity index (χ2n) is 2.71. The number of hydrogen-bond acceptors (Lipinski definition) is 4. The zero-order chi connectivity index (χ0) is 9.84. The zero-order valence-corrected chi connectivity index (χ0v) is 7.76. The first-order valence-corrected chi connectivity index (χ1v) is 4.07. The SMILES string of the molecule is Cc1nc(C(=O)NCCN)oc1C. The van der Waals surface area contributed by atoms with Crippen LogP contribution in [0.2, 0.25) is 0 Å². The van der Waals surface area contributed by atoms with E-state index in [1.807, 2.05) is 0 Å². The van der Waals surface area contributed by atoms with Crippen LogP contribution in [0.1, 0.15) is 22.1 Å². The van der Waals surface area contributed by atoms with Crippen molar-refractivity contribution in [2.24, 2.45) is 5.73 Å². The number of hydrogen-bond donors (Lipinski definition) is 2. The lowest BCUT2D eigenvalue weighted by Crippen LogP contribution is -2.29. The van der Waals surface area contributed by atoms with E-state index in [1.54, 1.807) is 13.8 Å². The lowest BCUT2D eigenvalue weighted by atomic mass is 10.4. The van der Waals surface area contributed by atoms with E-state index in [-0.39, 0.29) is 11.8 Å². The Kier molecular flexibility index (Phi) is 3.02. The molecule has 1 rings (SSSR count). The monoisotopic (exact) mass is 183 g/mol. The summed E-state index contributed by atoms with van der Waals surface area (Å²) in [6.45, 7) is 4.39. The summed E-state index contributed by atoms with van der Waals surface area (Å²) in [7, 11) is 0. The van der Waals surface area contributed by atoms with Gasteiger partial charge in [0.05, 0.1) is 5.69 Å². The number of aryl methyl sites for hydroxylation is 2. The molecule has 0 aliphatic rings. The van der Waals surface area contributed by atoms with Crippen molar-refractivity contribution in [2.45, 2.75) is 13.8 Å². The molecule has 0 bridgehead atoms. The number of rotatable bonds is 3. The van der Waals surface area contributed by atoms with Gasteiger partial charge in [0.25, 0.3) is 5.89 Å². The first kappa shape index (κ1) is 9.73. The standard InChI is InChI=1S/C8H13N3O2/c1-5-6(2)13-8(11-5)7(12)10-4-3-9/h3-4,9H2,1-2H3,(H,10,12). The van der Waals surface area contributed by atoms with E-state index in [0.717, 1.165) is 5.69 Å². The average molecular weight is 183 g/mol. The average Bonchev–Trinajstić information content (AvgIpc) is 2.43. The molecular weight excluding hydrogens is 170 g/mol. The molecule has 0 saturated carbocycles. The lowest BCUT2D eigenvalue weighted by Gasteiger charge is -1.97. The molecule has 1 aromatic rings. The normalized spacial score (nSPS) is 10.1. The van der Waals surface area contributed by atoms with Crippen LogP contribution in [-0.2, 0) is 0 Å². The fourth-order valence-electron chi connectivity index (χ4n) is 0.831. The zero-order valence-electron chi connectivity index (χ0n) is 7.76. The molecule has 5 heteroatoms. The van der Waals surface area contributed by atoms with Crippen molar-refractivity contribution in [3.05, 3.63) is 17.3 Å². The summed E-state index contributed by atoms with van der Waals surface area (Å²) in [6.07, 6.45) is 0. The van der Waals surface area contributed by atoms with Gasteiger partial charge in [0.1, 0.15) is 5.76 Å². The van der Waals surface area contributed by atoms with Crippen LogP contribution in [0.25, 0.3) is 0 Å². The molecule has 0 spiro atoms. The largest absolute Gasteiger partial charge is 0.438 e. The van der Waals surface area contributed by atoms with Crippen LogP contribution >= 0.6 is 0 Å². The van der Waals surface area contributed by atoms with Gasteiger partial charge in [-0.2, -0.15) is 0 Å². The molecule has 3 N–H and O–H groups in total. The number of aromatic nitrogens is 1. The quantitative estimate of drug-likeness (QED) is 0.690. The van der Waals surface area contributed by atoms with Crippen LogP contribution < -0.4 is 11.1 Å². The molecule has 0 unspecified atom stereocenters. The summed E-state index contributed by atoms with van der Waals surface area (Å²) in [5.41, 5.74) is 5.96. The highest BCUT2D eigenvalue weighted by Crippen LogP contribution is 2.07. The molecule has 0 atom stereocenters. The van der Waals surface area contributed by atoms with Crippen LogP contribution in [-0.4, -0.2) is 24.0 Å². The van der Waals surface area contributed by atoms with Crippen molar-refractivity contribution in [1.29, 1.82) is 0 Å². The Labute approximate surface area is 76.3 Å². The number of nitrogens with one attached hydrogen (secondary N) is 1. The Balaban J connectivity index is 2.66. The maximum atomic E-state index is 11.2. The Morgan fingerprint density at radius 2 is 2.31 bits per heavy atom. The molecule has 5 nitrogen and oxygen atoms in total. The number of amides is 1. The second-order valence-corrected chi connectivity index (χ2v) is 2.71. The number of oxazole rings is 1. The smallest absolute Gasteiger partial charge is 0.307 e. The van der Waals surface area contributed by atoms with E-state index in [4.69, 9.17) is 10.2 Å². The predicted octanol–water partition coefficient (Wildman–Crippen LogP) is -0.0201. The van der Waals surface area contributed by atoms with Gasteiger partial charge >= 0.3 is 5.91 Å². The van der Waals surface area contributed by atoms with Crippen molar-refractivity contribution >= 4 is 5.91 Å². The summed E-state index contributed by atoms with van der Waals surface area (Å²) < 4.78 is 5.11. The molecule has 0 fully saturated rings. The highest BCUT2D eigenvalue weighted by atomic mass is 16.4. The van der Waals surface area contributed by atoms with Gasteiger partial charge in [-0.3, -0.25) is 4.79 Å². The van der Waals surface area contributed by atoms with Gasteiger partial charge in [0, 0.05) is 13.1 Å². The Morgan fingerprint density at radius 3 is 2.77 bits per heavy atom. The minimum atomic E-state index is -0.318. The predicted molar refractivity (Wildman–Crippen MR) is 47.4 cm³/mol. The van der Waals surface area contributed by atoms with Gasteiger partial charge in [-0.15, -0.1) is 0 Å². The molecule has 13 heavy (non-hydrogen) atoms. The maximum absolute atomic E-state index is 11.2. The minimum absolute atomic E-state index is 0.100. The van der Waals surface area contributed by atoms with Crippen LogP contribution in [0.3, 0.4) is 0 Å². The summed E-state index contributed by atoms with van der Waals surface area (Å²) in [5.74, 6) is 0.447. The number of carbonyl (C=O) groups excluding carboxylic acids is 1. The Morgan fingerprint density at radius 1 is 1.62 bits per heavy atom. The highest BCUT2D eigenvalue weighted by Gasteiger charge is 2.12. The number of nitrogens with zero attached hydrogens (tertiary/aromatic N) is 1. The van der Waals surface area contributed by atoms with E-state index < -0.39 is 0 Å². The summed E-state index contributed by atoms with van der Waals surface area (Å²) >= 11 is 0. The van der Waals surface area contributed by atoms with Gasteiger partial charge in [0.15, 0.2) is 0 Å². The molecule has 0 radical (unpaired) electrons. The van der Waals surface area contributed by atoms with Gasteiger partial charge in [-0.05, 0) is 13.8 Å². The summed E-state index contributed by atoms with van der Waals surface area (Å²) in [5, 5.41) is 2.57. The molecule has 1 amide bonds. The highest BCUT2D eigenvalue weighted by molar-refractivity contribution is 5.89. The van der Waals surface area contributed by atoms with E-state index in [9.17, 15) is 4.79 Å². The fourth-order valence-corrected chi connectivity index (χ4v) is 0.831. The Hall–Kier alpha value is -1.36. The fraction of sp³-hybridized carbons (Fsp3) is 0.500. The van der Waals surface area contributed by atoms with E-state index in [2.05, 4.69) is 10.3 Å². The van der Waals surface area contributed by atoms with Crippen molar-refractivity contribution in [2.75, 3.05) is 13.1 Å². The number of carbonyl (C=O) groups is 1. The molecule has 1 heterocycles. The second kappa shape index (κ2) is 4.04. The topological polar surface area (TPSA) is 81.2 Å². The molecule has 0 aliphatic heterocycles.